The van der Waals surface area contributed by atoms with E-state index in [2.05, 4.69) is 66.3 Å². The van der Waals surface area contributed by atoms with E-state index in [1.165, 1.54) is 127 Å². The van der Waals surface area contributed by atoms with Crippen LogP contribution in [-0.4, -0.2) is 41.3 Å². The molecule has 0 atom stereocenters. The zero-order valence-corrected chi connectivity index (χ0v) is 22.9. The highest BCUT2D eigenvalue weighted by atomic mass is 15.3. The number of unbranched alkanes of at least 4 members (excludes halogenated alkanes) is 14. The van der Waals surface area contributed by atoms with Crippen LogP contribution < -0.4 is 8.97 Å². The van der Waals surface area contributed by atoms with Crippen LogP contribution in [0.15, 0.2) is 24.3 Å². The minimum atomic E-state index is 1.00. The molecule has 0 unspecified atom stereocenters. The summed E-state index contributed by atoms with van der Waals surface area (Å²) in [5.41, 5.74) is 2.90. The van der Waals surface area contributed by atoms with Gasteiger partial charge < -0.3 is 0 Å². The van der Waals surface area contributed by atoms with Crippen LogP contribution in [0.25, 0.3) is 0 Å². The van der Waals surface area contributed by atoms with Gasteiger partial charge in [-0.2, -0.15) is 0 Å². The Morgan fingerprint density at radius 3 is 0.938 bits per heavy atom. The van der Waals surface area contributed by atoms with Crippen molar-refractivity contribution in [1.82, 2.24) is 8.97 Å². The van der Waals surface area contributed by atoms with Gasteiger partial charge in [0, 0.05) is 24.3 Å². The molecule has 0 heterocycles. The van der Waals surface area contributed by atoms with Gasteiger partial charge in [0.25, 0.3) is 0 Å². The Balaban J connectivity index is 2.34. The third-order valence-corrected chi connectivity index (χ3v) is 7.39. The molecule has 0 aliphatic rings. The topological polar surface area (TPSA) is 0 Å². The normalized spacial score (nSPS) is 12.4. The summed E-state index contributed by atoms with van der Waals surface area (Å²) >= 11 is 0. The monoisotopic (exact) mass is 446 g/mol. The highest BCUT2D eigenvalue weighted by molar-refractivity contribution is 5.52. The summed E-state index contributed by atoms with van der Waals surface area (Å²) in [6.07, 6.45) is 22.3. The van der Waals surface area contributed by atoms with Gasteiger partial charge in [-0.15, -0.1) is 0 Å². The van der Waals surface area contributed by atoms with Gasteiger partial charge in [0.2, 0.25) is 0 Å². The van der Waals surface area contributed by atoms with E-state index in [-0.39, 0.29) is 0 Å². The third-order valence-electron chi connectivity index (χ3n) is 7.39. The molecule has 0 bridgehead atoms. The zero-order chi connectivity index (χ0) is 23.7. The van der Waals surface area contributed by atoms with Gasteiger partial charge in [-0.05, 0) is 25.7 Å². The summed E-state index contributed by atoms with van der Waals surface area (Å²) in [5.74, 6) is 0. The maximum atomic E-state index is 2.38. The standard InChI is InChI=1S/C30H58N2/c1-7-9-11-13-15-17-19-21-27-31(3,4)29-23-25-30(26-24-29)32(5,6)28-22-20-18-16-14-12-10-8-2/h23-26H,7-22,27-28H2,1-6H3/q+2. The minimum Gasteiger partial charge on any atom is -0.296 e. The molecule has 2 heteroatoms. The molecule has 1 aromatic carbocycles. The second kappa shape index (κ2) is 16.7. The fraction of sp³-hybridized carbons (Fsp3) is 0.800. The second-order valence-electron chi connectivity index (χ2n) is 11.3. The predicted molar refractivity (Wildman–Crippen MR) is 149 cm³/mol. The Hall–Kier alpha value is -0.860. The van der Waals surface area contributed by atoms with Gasteiger partial charge >= 0.3 is 0 Å². The fourth-order valence-corrected chi connectivity index (χ4v) is 4.80. The largest absolute Gasteiger partial charge is 0.296 e. The SMILES string of the molecule is CCCCCCCCCC[N+](C)(C)c1ccc([N+](C)(C)CCCCCCCCCC)cc1. The smallest absolute Gasteiger partial charge is 0.132 e. The van der Waals surface area contributed by atoms with Crippen molar-refractivity contribution in [3.63, 3.8) is 0 Å². The van der Waals surface area contributed by atoms with Crippen LogP contribution in [0.1, 0.15) is 117 Å². The van der Waals surface area contributed by atoms with Crippen LogP contribution in [-0.2, 0) is 0 Å². The Morgan fingerprint density at radius 1 is 0.406 bits per heavy atom. The molecular formula is C30H58N2+2. The quantitative estimate of drug-likeness (QED) is 0.138. The molecule has 1 rings (SSSR count). The van der Waals surface area contributed by atoms with Gasteiger partial charge in [0.05, 0.1) is 41.3 Å². The molecule has 0 spiro atoms. The van der Waals surface area contributed by atoms with E-state index in [0.717, 1.165) is 8.97 Å². The van der Waals surface area contributed by atoms with E-state index in [0.29, 0.717) is 0 Å². The van der Waals surface area contributed by atoms with Gasteiger partial charge in [0.15, 0.2) is 0 Å². The molecule has 0 saturated heterocycles. The predicted octanol–water partition coefficient (Wildman–Crippen LogP) is 9.10. The summed E-state index contributed by atoms with van der Waals surface area (Å²) in [6, 6.07) is 9.53. The molecule has 0 radical (unpaired) electrons. The van der Waals surface area contributed by atoms with Crippen LogP contribution in [0, 0.1) is 0 Å². The van der Waals surface area contributed by atoms with Crippen LogP contribution in [0.5, 0.6) is 0 Å². The molecule has 2 nitrogen and oxygen atoms in total. The summed E-state index contributed by atoms with van der Waals surface area (Å²) < 4.78 is 2.00. The molecule has 0 aliphatic carbocycles. The first-order valence-corrected chi connectivity index (χ1v) is 14.1. The first-order chi connectivity index (χ1) is 15.3. The van der Waals surface area contributed by atoms with E-state index in [1.807, 2.05) is 0 Å². The molecule has 0 aromatic heterocycles. The molecule has 0 amide bonds. The van der Waals surface area contributed by atoms with Gasteiger partial charge in [-0.3, -0.25) is 8.97 Å². The van der Waals surface area contributed by atoms with Crippen molar-refractivity contribution in [3.8, 4) is 0 Å². The molecule has 32 heavy (non-hydrogen) atoms. The van der Waals surface area contributed by atoms with Crippen molar-refractivity contribution in [2.24, 2.45) is 0 Å². The van der Waals surface area contributed by atoms with Crippen molar-refractivity contribution in [2.45, 2.75) is 117 Å². The van der Waals surface area contributed by atoms with Crippen LogP contribution in [0.3, 0.4) is 0 Å². The molecule has 0 aliphatic heterocycles. The van der Waals surface area contributed by atoms with Crippen molar-refractivity contribution < 1.29 is 0 Å². The van der Waals surface area contributed by atoms with Crippen molar-refractivity contribution in [2.75, 3.05) is 41.3 Å². The van der Waals surface area contributed by atoms with E-state index in [4.69, 9.17) is 0 Å². The lowest BCUT2D eigenvalue weighted by atomic mass is 10.1. The Labute approximate surface area is 202 Å². The van der Waals surface area contributed by atoms with Crippen LogP contribution in [0.2, 0.25) is 0 Å². The number of benzene rings is 1. The molecule has 0 fully saturated rings. The van der Waals surface area contributed by atoms with E-state index >= 15 is 0 Å². The average molecular weight is 447 g/mol. The zero-order valence-electron chi connectivity index (χ0n) is 22.9. The van der Waals surface area contributed by atoms with Gasteiger partial charge in [-0.1, -0.05) is 90.9 Å². The Bertz CT molecular complexity index is 508. The highest BCUT2D eigenvalue weighted by Crippen LogP contribution is 2.27. The lowest BCUT2D eigenvalue weighted by molar-refractivity contribution is 0.375. The maximum absolute atomic E-state index is 2.38. The number of hydrogen-bond donors (Lipinski definition) is 0. The van der Waals surface area contributed by atoms with Gasteiger partial charge in [-0.25, -0.2) is 0 Å². The lowest BCUT2D eigenvalue weighted by Gasteiger charge is -2.32. The van der Waals surface area contributed by atoms with E-state index in [1.54, 1.807) is 0 Å². The Morgan fingerprint density at radius 2 is 0.656 bits per heavy atom. The molecule has 0 N–H and O–H groups in total. The number of nitrogens with zero attached hydrogens (tertiary/aromatic N) is 2. The average Bonchev–Trinajstić information content (AvgIpc) is 2.77. The lowest BCUT2D eigenvalue weighted by Crippen LogP contribution is -2.42. The van der Waals surface area contributed by atoms with E-state index < -0.39 is 0 Å². The summed E-state index contributed by atoms with van der Waals surface area (Å²) in [6.45, 7) is 7.07. The van der Waals surface area contributed by atoms with Crippen molar-refractivity contribution in [3.05, 3.63) is 24.3 Å². The summed E-state index contributed by atoms with van der Waals surface area (Å²) in [4.78, 5) is 0. The first kappa shape index (κ1) is 29.2. The van der Waals surface area contributed by atoms with Crippen molar-refractivity contribution in [1.29, 1.82) is 0 Å². The Kier molecular flexibility index (Phi) is 15.2. The summed E-state index contributed by atoms with van der Waals surface area (Å²) in [5, 5.41) is 0. The first-order valence-electron chi connectivity index (χ1n) is 14.1. The molecular weight excluding hydrogens is 388 g/mol. The van der Waals surface area contributed by atoms with Crippen LogP contribution >= 0.6 is 0 Å². The van der Waals surface area contributed by atoms with Crippen LogP contribution in [0.4, 0.5) is 11.4 Å². The summed E-state index contributed by atoms with van der Waals surface area (Å²) in [7, 11) is 9.49. The number of hydrogen-bond acceptors (Lipinski definition) is 0. The second-order valence-corrected chi connectivity index (χ2v) is 11.3. The number of rotatable bonds is 20. The van der Waals surface area contributed by atoms with E-state index in [9.17, 15) is 0 Å². The fourth-order valence-electron chi connectivity index (χ4n) is 4.80. The number of quaternary nitrogens is 2. The van der Waals surface area contributed by atoms with Gasteiger partial charge in [0.1, 0.15) is 11.4 Å². The molecule has 0 saturated carbocycles. The molecule has 186 valence electrons. The highest BCUT2D eigenvalue weighted by Gasteiger charge is 2.22. The third kappa shape index (κ3) is 12.4. The van der Waals surface area contributed by atoms with Crippen molar-refractivity contribution >= 4 is 11.4 Å². The molecule has 1 aromatic rings. The minimum absolute atomic E-state index is 1.00. The maximum Gasteiger partial charge on any atom is 0.132 e.